The van der Waals surface area contributed by atoms with Gasteiger partial charge in [0.25, 0.3) is 0 Å². The summed E-state index contributed by atoms with van der Waals surface area (Å²) in [6.45, 7) is 1.69. The maximum atomic E-state index is 12.8. The first kappa shape index (κ1) is 14.0. The van der Waals surface area contributed by atoms with Crippen LogP contribution in [0.4, 0.5) is 4.39 Å². The summed E-state index contributed by atoms with van der Waals surface area (Å²) in [5, 5.41) is 13.1. The van der Waals surface area contributed by atoms with Crippen molar-refractivity contribution in [1.82, 2.24) is 0 Å². The first-order chi connectivity index (χ1) is 8.60. The van der Waals surface area contributed by atoms with Gasteiger partial charge >= 0.3 is 5.97 Å². The smallest absolute Gasteiger partial charge is 0.335 e. The van der Waals surface area contributed by atoms with E-state index in [9.17, 15) is 14.3 Å². The number of aliphatic hydroxyl groups excluding tert-OH is 1. The topological polar surface area (TPSA) is 95.3 Å². The standard InChI is InChI=1S/C11H12FN3O3/c1-2-18-11(17)10(16)9(14-15-13)7-3-5-8(12)6-4-7/h3-6,9-10,16H,2H2,1H3/t9-,10+/m0/s1. The van der Waals surface area contributed by atoms with Crippen molar-refractivity contribution in [2.45, 2.75) is 19.1 Å². The number of nitrogens with zero attached hydrogens (tertiary/aromatic N) is 3. The quantitative estimate of drug-likeness (QED) is 0.376. The van der Waals surface area contributed by atoms with Crippen LogP contribution in [-0.2, 0) is 9.53 Å². The van der Waals surface area contributed by atoms with E-state index in [1.165, 1.54) is 12.1 Å². The lowest BCUT2D eigenvalue weighted by atomic mass is 10.0. The first-order valence-corrected chi connectivity index (χ1v) is 5.24. The third kappa shape index (κ3) is 3.44. The van der Waals surface area contributed by atoms with Crippen LogP contribution in [0.3, 0.4) is 0 Å². The van der Waals surface area contributed by atoms with Gasteiger partial charge < -0.3 is 9.84 Å². The molecule has 0 unspecified atom stereocenters. The van der Waals surface area contributed by atoms with Crippen LogP contribution in [0.15, 0.2) is 29.4 Å². The van der Waals surface area contributed by atoms with Gasteiger partial charge in [-0.2, -0.15) is 0 Å². The lowest BCUT2D eigenvalue weighted by Gasteiger charge is -2.17. The number of carbonyl (C=O) groups excluding carboxylic acids is 1. The number of halogens is 1. The first-order valence-electron chi connectivity index (χ1n) is 5.24. The summed E-state index contributed by atoms with van der Waals surface area (Å²) in [6.07, 6.45) is -1.62. The second-order valence-electron chi connectivity index (χ2n) is 3.40. The number of azide groups is 1. The molecule has 0 fully saturated rings. The maximum Gasteiger partial charge on any atom is 0.335 e. The molecule has 0 saturated heterocycles. The monoisotopic (exact) mass is 253 g/mol. The summed E-state index contributed by atoms with van der Waals surface area (Å²) in [5.74, 6) is -1.36. The zero-order valence-electron chi connectivity index (χ0n) is 9.65. The molecule has 18 heavy (non-hydrogen) atoms. The van der Waals surface area contributed by atoms with Crippen molar-refractivity contribution in [1.29, 1.82) is 0 Å². The van der Waals surface area contributed by atoms with Crippen molar-refractivity contribution in [3.63, 3.8) is 0 Å². The summed E-state index contributed by atoms with van der Waals surface area (Å²) in [4.78, 5) is 13.9. The number of hydrogen-bond donors (Lipinski definition) is 1. The van der Waals surface area contributed by atoms with E-state index in [2.05, 4.69) is 14.8 Å². The number of esters is 1. The number of aliphatic hydroxyl groups is 1. The summed E-state index contributed by atoms with van der Waals surface area (Å²) < 4.78 is 17.4. The highest BCUT2D eigenvalue weighted by Crippen LogP contribution is 2.23. The van der Waals surface area contributed by atoms with Crippen LogP contribution >= 0.6 is 0 Å². The molecule has 0 saturated carbocycles. The molecule has 1 N–H and O–H groups in total. The predicted molar refractivity (Wildman–Crippen MR) is 60.9 cm³/mol. The lowest BCUT2D eigenvalue weighted by Crippen LogP contribution is -2.28. The van der Waals surface area contributed by atoms with Crippen molar-refractivity contribution < 1.29 is 19.0 Å². The largest absolute Gasteiger partial charge is 0.464 e. The Labute approximate surface area is 103 Å². The van der Waals surface area contributed by atoms with Crippen LogP contribution in [0.25, 0.3) is 10.4 Å². The van der Waals surface area contributed by atoms with Gasteiger partial charge in [-0.3, -0.25) is 0 Å². The van der Waals surface area contributed by atoms with Gasteiger partial charge in [-0.15, -0.1) is 0 Å². The van der Waals surface area contributed by atoms with E-state index < -0.39 is 23.9 Å². The van der Waals surface area contributed by atoms with Crippen LogP contribution in [0.1, 0.15) is 18.5 Å². The maximum absolute atomic E-state index is 12.8. The number of carbonyl (C=O) groups is 1. The molecule has 2 atom stereocenters. The second-order valence-corrected chi connectivity index (χ2v) is 3.40. The fraction of sp³-hybridized carbons (Fsp3) is 0.364. The highest BCUT2D eigenvalue weighted by Gasteiger charge is 2.27. The Morgan fingerprint density at radius 1 is 1.56 bits per heavy atom. The number of ether oxygens (including phenoxy) is 1. The molecule has 7 heteroatoms. The molecule has 0 bridgehead atoms. The normalized spacial score (nSPS) is 13.3. The van der Waals surface area contributed by atoms with Gasteiger partial charge in [-0.1, -0.05) is 17.2 Å². The zero-order chi connectivity index (χ0) is 13.5. The van der Waals surface area contributed by atoms with E-state index in [-0.39, 0.29) is 6.61 Å². The third-order valence-corrected chi connectivity index (χ3v) is 2.21. The third-order valence-electron chi connectivity index (χ3n) is 2.21. The van der Waals surface area contributed by atoms with Gasteiger partial charge in [0.1, 0.15) is 5.82 Å². The van der Waals surface area contributed by atoms with Crippen molar-refractivity contribution in [2.75, 3.05) is 6.61 Å². The summed E-state index contributed by atoms with van der Waals surface area (Å²) in [6, 6.07) is 3.81. The second kappa shape index (κ2) is 6.58. The lowest BCUT2D eigenvalue weighted by molar-refractivity contribution is -0.154. The van der Waals surface area contributed by atoms with Crippen LogP contribution in [0.5, 0.6) is 0 Å². The molecule has 0 aliphatic heterocycles. The SMILES string of the molecule is CCOC(=O)[C@H](O)[C@@H](N=[N+]=[N-])c1ccc(F)cc1. The molecule has 96 valence electrons. The van der Waals surface area contributed by atoms with E-state index in [0.717, 1.165) is 12.1 Å². The van der Waals surface area contributed by atoms with Crippen LogP contribution in [-0.4, -0.2) is 23.8 Å². The Balaban J connectivity index is 2.98. The summed E-state index contributed by atoms with van der Waals surface area (Å²) in [5.41, 5.74) is 8.76. The zero-order valence-corrected chi connectivity index (χ0v) is 9.65. The fourth-order valence-corrected chi connectivity index (χ4v) is 1.38. The minimum atomic E-state index is -1.62. The highest BCUT2D eigenvalue weighted by molar-refractivity contribution is 5.75. The van der Waals surface area contributed by atoms with Crippen LogP contribution < -0.4 is 0 Å². The Morgan fingerprint density at radius 3 is 2.67 bits per heavy atom. The average Bonchev–Trinajstić information content (AvgIpc) is 2.37. The van der Waals surface area contributed by atoms with Crippen molar-refractivity contribution >= 4 is 5.97 Å². The van der Waals surface area contributed by atoms with Gasteiger partial charge in [0, 0.05) is 4.91 Å². The van der Waals surface area contributed by atoms with E-state index in [0.29, 0.717) is 5.56 Å². The molecule has 0 radical (unpaired) electrons. The molecule has 0 spiro atoms. The molecule has 0 amide bonds. The van der Waals surface area contributed by atoms with Crippen molar-refractivity contribution in [2.24, 2.45) is 5.11 Å². The molecule has 0 aliphatic carbocycles. The molecular weight excluding hydrogens is 241 g/mol. The Hall–Kier alpha value is -2.11. The molecule has 0 heterocycles. The van der Waals surface area contributed by atoms with Gasteiger partial charge in [-0.05, 0) is 30.2 Å². The van der Waals surface area contributed by atoms with Crippen molar-refractivity contribution in [3.05, 3.63) is 46.1 Å². The van der Waals surface area contributed by atoms with Crippen LogP contribution in [0, 0.1) is 5.82 Å². The van der Waals surface area contributed by atoms with Crippen molar-refractivity contribution in [3.8, 4) is 0 Å². The average molecular weight is 253 g/mol. The number of hydrogen-bond acceptors (Lipinski definition) is 4. The van der Waals surface area contributed by atoms with Gasteiger partial charge in [-0.25, -0.2) is 9.18 Å². The van der Waals surface area contributed by atoms with Crippen LogP contribution in [0.2, 0.25) is 0 Å². The molecule has 1 aromatic rings. The number of rotatable bonds is 5. The summed E-state index contributed by atoms with van der Waals surface area (Å²) >= 11 is 0. The Kier molecular flexibility index (Phi) is 5.10. The molecule has 1 aromatic carbocycles. The Morgan fingerprint density at radius 2 is 2.17 bits per heavy atom. The fourth-order valence-electron chi connectivity index (χ4n) is 1.38. The molecule has 0 aromatic heterocycles. The van der Waals surface area contributed by atoms with E-state index in [4.69, 9.17) is 5.53 Å². The minimum absolute atomic E-state index is 0.0995. The molecule has 6 nitrogen and oxygen atoms in total. The van der Waals surface area contributed by atoms with Gasteiger partial charge in [0.15, 0.2) is 6.10 Å². The van der Waals surface area contributed by atoms with Gasteiger partial charge in [0.2, 0.25) is 0 Å². The summed E-state index contributed by atoms with van der Waals surface area (Å²) in [7, 11) is 0. The highest BCUT2D eigenvalue weighted by atomic mass is 19.1. The molecule has 0 aliphatic rings. The van der Waals surface area contributed by atoms with E-state index >= 15 is 0 Å². The van der Waals surface area contributed by atoms with E-state index in [1.54, 1.807) is 6.92 Å². The predicted octanol–water partition coefficient (Wildman–Crippen LogP) is 2.10. The number of benzene rings is 1. The minimum Gasteiger partial charge on any atom is -0.464 e. The van der Waals surface area contributed by atoms with Gasteiger partial charge in [0.05, 0.1) is 12.6 Å². The Bertz CT molecular complexity index is 457. The molecular formula is C11H12FN3O3. The molecule has 1 rings (SSSR count). The van der Waals surface area contributed by atoms with E-state index in [1.807, 2.05) is 0 Å².